The molecular weight excluding hydrogens is 264 g/mol. The van der Waals surface area contributed by atoms with Crippen LogP contribution in [0.3, 0.4) is 0 Å². The van der Waals surface area contributed by atoms with Crippen LogP contribution in [0.5, 0.6) is 5.75 Å². The second-order valence-corrected chi connectivity index (χ2v) is 4.67. The van der Waals surface area contributed by atoms with Crippen LogP contribution in [0.15, 0.2) is 66.8 Å². The second-order valence-electron chi connectivity index (χ2n) is 4.67. The molecule has 0 unspecified atom stereocenters. The van der Waals surface area contributed by atoms with Gasteiger partial charge in [-0.05, 0) is 37.1 Å². The van der Waals surface area contributed by atoms with Gasteiger partial charge in [0.15, 0.2) is 0 Å². The molecule has 0 amide bonds. The van der Waals surface area contributed by atoms with E-state index < -0.39 is 5.97 Å². The van der Waals surface area contributed by atoms with Gasteiger partial charge in [0, 0.05) is 5.57 Å². The maximum absolute atomic E-state index is 11.4. The predicted molar refractivity (Wildman–Crippen MR) is 85.9 cm³/mol. The zero-order chi connectivity index (χ0) is 15.8. The number of ether oxygens (including phenoxy) is 1. The largest absolute Gasteiger partial charge is 0.423 e. The number of hydrogen-bond donors (Lipinski definition) is 1. The molecule has 0 atom stereocenters. The quantitative estimate of drug-likeness (QED) is 0.375. The fourth-order valence-corrected chi connectivity index (χ4v) is 1.66. The van der Waals surface area contributed by atoms with Gasteiger partial charge in [-0.3, -0.25) is 0 Å². The van der Waals surface area contributed by atoms with E-state index in [1.807, 2.05) is 19.1 Å². The molecule has 1 N–H and O–H groups in total. The molecule has 3 heteroatoms. The molecule has 0 aliphatic carbocycles. The number of esters is 1. The fraction of sp³-hybridized carbons (Fsp3) is 0.167. The molecule has 0 aliphatic rings. The Labute approximate surface area is 125 Å². The van der Waals surface area contributed by atoms with Crippen LogP contribution >= 0.6 is 0 Å². The van der Waals surface area contributed by atoms with Crippen LogP contribution in [0.1, 0.15) is 19.4 Å². The SMILES string of the molecule is C=C/C=C(C)/C=C(\CO)c1ccc(OC(=O)C(=C)C)cc1. The third kappa shape index (κ3) is 5.24. The third-order valence-electron chi connectivity index (χ3n) is 2.74. The van der Waals surface area contributed by atoms with E-state index >= 15 is 0 Å². The lowest BCUT2D eigenvalue weighted by Gasteiger charge is -2.07. The van der Waals surface area contributed by atoms with Gasteiger partial charge in [0.1, 0.15) is 5.75 Å². The topological polar surface area (TPSA) is 46.5 Å². The standard InChI is InChI=1S/C18H20O3/c1-5-6-14(4)11-16(12-19)15-7-9-17(10-8-15)21-18(20)13(2)3/h5-11,19H,1-2,12H2,3-4H3/b14-6+,16-11+. The molecule has 0 aliphatic heterocycles. The first-order valence-corrected chi connectivity index (χ1v) is 6.56. The number of hydrogen-bond acceptors (Lipinski definition) is 3. The van der Waals surface area contributed by atoms with Crippen molar-refractivity contribution in [3.8, 4) is 5.75 Å². The first kappa shape index (κ1) is 16.7. The molecule has 0 aromatic heterocycles. The minimum atomic E-state index is -0.453. The van der Waals surface area contributed by atoms with Crippen molar-refractivity contribution in [2.75, 3.05) is 6.61 Å². The maximum Gasteiger partial charge on any atom is 0.338 e. The number of benzene rings is 1. The van der Waals surface area contributed by atoms with Gasteiger partial charge >= 0.3 is 5.97 Å². The number of carbonyl (C=O) groups excluding carboxylic acids is 1. The molecule has 1 aromatic carbocycles. The van der Waals surface area contributed by atoms with E-state index in [0.717, 1.165) is 16.7 Å². The van der Waals surface area contributed by atoms with Crippen LogP contribution in [-0.4, -0.2) is 17.7 Å². The maximum atomic E-state index is 11.4. The number of allylic oxidation sites excluding steroid dienone is 4. The fourth-order valence-electron chi connectivity index (χ4n) is 1.66. The van der Waals surface area contributed by atoms with Crippen LogP contribution in [0.2, 0.25) is 0 Å². The lowest BCUT2D eigenvalue weighted by molar-refractivity contribution is -0.130. The smallest absolute Gasteiger partial charge is 0.338 e. The van der Waals surface area contributed by atoms with E-state index in [4.69, 9.17) is 4.74 Å². The lowest BCUT2D eigenvalue weighted by atomic mass is 10.0. The summed E-state index contributed by atoms with van der Waals surface area (Å²) in [6.45, 7) is 10.6. The third-order valence-corrected chi connectivity index (χ3v) is 2.74. The number of carbonyl (C=O) groups is 1. The van der Waals surface area contributed by atoms with Crippen molar-refractivity contribution in [2.45, 2.75) is 13.8 Å². The van der Waals surface area contributed by atoms with Crippen molar-refractivity contribution in [2.24, 2.45) is 0 Å². The van der Waals surface area contributed by atoms with Gasteiger partial charge in [0.05, 0.1) is 6.61 Å². The second kappa shape index (κ2) is 8.02. The molecule has 0 saturated heterocycles. The van der Waals surface area contributed by atoms with Crippen molar-refractivity contribution in [1.29, 1.82) is 0 Å². The first-order valence-electron chi connectivity index (χ1n) is 6.56. The molecule has 0 radical (unpaired) electrons. The van der Waals surface area contributed by atoms with Gasteiger partial charge < -0.3 is 9.84 Å². The van der Waals surface area contributed by atoms with Gasteiger partial charge in [-0.2, -0.15) is 0 Å². The zero-order valence-corrected chi connectivity index (χ0v) is 12.4. The molecule has 0 spiro atoms. The van der Waals surface area contributed by atoms with Crippen LogP contribution in [0.4, 0.5) is 0 Å². The minimum Gasteiger partial charge on any atom is -0.423 e. The van der Waals surface area contributed by atoms with Gasteiger partial charge in [-0.1, -0.05) is 49.1 Å². The summed E-state index contributed by atoms with van der Waals surface area (Å²) in [5.41, 5.74) is 2.99. The van der Waals surface area contributed by atoms with Crippen molar-refractivity contribution < 1.29 is 14.6 Å². The first-order chi connectivity index (χ1) is 9.97. The molecule has 1 rings (SSSR count). The Hall–Kier alpha value is -2.39. The molecule has 1 aromatic rings. The van der Waals surface area contributed by atoms with Gasteiger partial charge in [-0.25, -0.2) is 4.79 Å². The summed E-state index contributed by atoms with van der Waals surface area (Å²) in [6.07, 6.45) is 5.44. The van der Waals surface area contributed by atoms with Gasteiger partial charge in [-0.15, -0.1) is 0 Å². The van der Waals surface area contributed by atoms with E-state index in [2.05, 4.69) is 13.2 Å². The van der Waals surface area contributed by atoms with Crippen molar-refractivity contribution in [1.82, 2.24) is 0 Å². The Bertz CT molecular complexity index is 589. The van der Waals surface area contributed by atoms with E-state index in [0.29, 0.717) is 11.3 Å². The molecule has 0 heterocycles. The van der Waals surface area contributed by atoms with Gasteiger partial charge in [0.2, 0.25) is 0 Å². The molecule has 3 nitrogen and oxygen atoms in total. The molecule has 0 bridgehead atoms. The monoisotopic (exact) mass is 284 g/mol. The number of aliphatic hydroxyl groups is 1. The Balaban J connectivity index is 2.94. The predicted octanol–water partition coefficient (Wildman–Crippen LogP) is 3.68. The molecule has 0 saturated carbocycles. The van der Waals surface area contributed by atoms with Crippen LogP contribution in [0.25, 0.3) is 5.57 Å². The number of aliphatic hydroxyl groups excluding tert-OH is 1. The van der Waals surface area contributed by atoms with E-state index in [1.54, 1.807) is 37.3 Å². The summed E-state index contributed by atoms with van der Waals surface area (Å²) < 4.78 is 5.12. The summed E-state index contributed by atoms with van der Waals surface area (Å²) in [7, 11) is 0. The van der Waals surface area contributed by atoms with Crippen LogP contribution in [0, 0.1) is 0 Å². The number of rotatable bonds is 6. The van der Waals surface area contributed by atoms with Gasteiger partial charge in [0.25, 0.3) is 0 Å². The van der Waals surface area contributed by atoms with E-state index in [1.165, 1.54) is 0 Å². The summed E-state index contributed by atoms with van der Waals surface area (Å²) >= 11 is 0. The van der Waals surface area contributed by atoms with E-state index in [-0.39, 0.29) is 6.61 Å². The Kier molecular flexibility index (Phi) is 6.37. The summed E-state index contributed by atoms with van der Waals surface area (Å²) in [5.74, 6) is -0.00664. The summed E-state index contributed by atoms with van der Waals surface area (Å²) in [5, 5.41) is 9.47. The average Bonchev–Trinajstić information content (AvgIpc) is 2.46. The van der Waals surface area contributed by atoms with E-state index in [9.17, 15) is 9.90 Å². The van der Waals surface area contributed by atoms with Crippen LogP contribution in [-0.2, 0) is 4.79 Å². The molecule has 110 valence electrons. The highest BCUT2D eigenvalue weighted by Gasteiger charge is 2.06. The highest BCUT2D eigenvalue weighted by molar-refractivity contribution is 5.88. The Morgan fingerprint density at radius 2 is 1.90 bits per heavy atom. The van der Waals surface area contributed by atoms with Crippen LogP contribution < -0.4 is 4.74 Å². The lowest BCUT2D eigenvalue weighted by Crippen LogP contribution is -2.08. The van der Waals surface area contributed by atoms with Crippen molar-refractivity contribution in [3.63, 3.8) is 0 Å². The molecule has 0 fully saturated rings. The zero-order valence-electron chi connectivity index (χ0n) is 12.4. The summed E-state index contributed by atoms with van der Waals surface area (Å²) in [4.78, 5) is 11.4. The Morgan fingerprint density at radius 3 is 2.38 bits per heavy atom. The van der Waals surface area contributed by atoms with Crippen molar-refractivity contribution >= 4 is 11.5 Å². The highest BCUT2D eigenvalue weighted by atomic mass is 16.5. The molecule has 21 heavy (non-hydrogen) atoms. The highest BCUT2D eigenvalue weighted by Crippen LogP contribution is 2.20. The Morgan fingerprint density at radius 1 is 1.29 bits per heavy atom. The minimum absolute atomic E-state index is 0.0762. The normalized spacial score (nSPS) is 12.0. The average molecular weight is 284 g/mol. The molecular formula is C18H20O3. The summed E-state index contributed by atoms with van der Waals surface area (Å²) in [6, 6.07) is 6.97. The van der Waals surface area contributed by atoms with Crippen molar-refractivity contribution in [3.05, 3.63) is 72.4 Å².